The number of anilines is 1. The molecule has 0 bridgehead atoms. The topological polar surface area (TPSA) is 82.5 Å². The molecule has 0 saturated heterocycles. The monoisotopic (exact) mass is 252 g/mol. The number of carbonyl (C=O) groups is 1. The average molecular weight is 252 g/mol. The quantitative estimate of drug-likeness (QED) is 0.690. The summed E-state index contributed by atoms with van der Waals surface area (Å²) in [6.45, 7) is 4.67. The standard InChI is InChI=1S/C13H20N2O3/c1-3-10(6-7-16)8-14-12-5-4-11(13(17)18)9(2)15-12/h4-5,10,16H,3,6-8H2,1-2H3,(H,14,15)(H,17,18). The first-order chi connectivity index (χ1) is 8.58. The van der Waals surface area contributed by atoms with E-state index in [9.17, 15) is 4.79 Å². The lowest BCUT2D eigenvalue weighted by atomic mass is 10.0. The van der Waals surface area contributed by atoms with Gasteiger partial charge in [-0.3, -0.25) is 0 Å². The summed E-state index contributed by atoms with van der Waals surface area (Å²) in [6, 6.07) is 3.22. The van der Waals surface area contributed by atoms with Crippen LogP contribution in [0.25, 0.3) is 0 Å². The van der Waals surface area contributed by atoms with Gasteiger partial charge in [-0.25, -0.2) is 9.78 Å². The van der Waals surface area contributed by atoms with E-state index in [4.69, 9.17) is 10.2 Å². The zero-order valence-electron chi connectivity index (χ0n) is 10.8. The minimum atomic E-state index is -0.960. The number of hydrogen-bond acceptors (Lipinski definition) is 4. The normalized spacial score (nSPS) is 12.2. The predicted octanol–water partition coefficient (Wildman–Crippen LogP) is 1.91. The minimum absolute atomic E-state index is 0.185. The zero-order valence-corrected chi connectivity index (χ0v) is 10.8. The third kappa shape index (κ3) is 4.00. The third-order valence-electron chi connectivity index (χ3n) is 3.00. The van der Waals surface area contributed by atoms with Crippen LogP contribution in [-0.4, -0.2) is 34.3 Å². The molecule has 18 heavy (non-hydrogen) atoms. The second kappa shape index (κ2) is 6.96. The second-order valence-electron chi connectivity index (χ2n) is 4.30. The zero-order chi connectivity index (χ0) is 13.5. The van der Waals surface area contributed by atoms with Crippen LogP contribution in [0.1, 0.15) is 35.8 Å². The number of pyridine rings is 1. The molecule has 1 heterocycles. The van der Waals surface area contributed by atoms with Crippen molar-refractivity contribution in [1.29, 1.82) is 0 Å². The van der Waals surface area contributed by atoms with Crippen molar-refractivity contribution in [2.45, 2.75) is 26.7 Å². The number of aromatic nitrogens is 1. The first-order valence-corrected chi connectivity index (χ1v) is 6.14. The summed E-state index contributed by atoms with van der Waals surface area (Å²) in [4.78, 5) is 15.0. The summed E-state index contributed by atoms with van der Waals surface area (Å²) in [5.41, 5.74) is 0.727. The number of rotatable bonds is 7. The maximum atomic E-state index is 10.8. The van der Waals surface area contributed by atoms with Gasteiger partial charge in [0.2, 0.25) is 0 Å². The van der Waals surface area contributed by atoms with E-state index in [-0.39, 0.29) is 12.2 Å². The summed E-state index contributed by atoms with van der Waals surface area (Å²) in [5.74, 6) is 0.114. The van der Waals surface area contributed by atoms with E-state index in [1.807, 2.05) is 0 Å². The lowest BCUT2D eigenvalue weighted by Crippen LogP contribution is -2.16. The van der Waals surface area contributed by atoms with Gasteiger partial charge in [-0.15, -0.1) is 0 Å². The van der Waals surface area contributed by atoms with Gasteiger partial charge >= 0.3 is 5.97 Å². The van der Waals surface area contributed by atoms with E-state index in [0.717, 1.165) is 19.4 Å². The van der Waals surface area contributed by atoms with Crippen molar-refractivity contribution >= 4 is 11.8 Å². The Morgan fingerprint density at radius 3 is 2.72 bits per heavy atom. The number of aromatic carboxylic acids is 1. The molecule has 0 fully saturated rings. The number of aryl methyl sites for hydroxylation is 1. The van der Waals surface area contributed by atoms with Crippen LogP contribution in [0.5, 0.6) is 0 Å². The lowest BCUT2D eigenvalue weighted by molar-refractivity contribution is 0.0695. The molecular weight excluding hydrogens is 232 g/mol. The van der Waals surface area contributed by atoms with Crippen LogP contribution < -0.4 is 5.32 Å². The first kappa shape index (κ1) is 14.4. The molecule has 1 rings (SSSR count). The van der Waals surface area contributed by atoms with E-state index in [2.05, 4.69) is 17.2 Å². The summed E-state index contributed by atoms with van der Waals surface area (Å²) >= 11 is 0. The predicted molar refractivity (Wildman–Crippen MR) is 69.9 cm³/mol. The molecule has 100 valence electrons. The van der Waals surface area contributed by atoms with E-state index >= 15 is 0 Å². The third-order valence-corrected chi connectivity index (χ3v) is 3.00. The molecule has 0 saturated carbocycles. The largest absolute Gasteiger partial charge is 0.478 e. The van der Waals surface area contributed by atoms with Gasteiger partial charge in [-0.2, -0.15) is 0 Å². The van der Waals surface area contributed by atoms with Crippen LogP contribution in [0, 0.1) is 12.8 Å². The van der Waals surface area contributed by atoms with Gasteiger partial charge in [0.25, 0.3) is 0 Å². The Kier molecular flexibility index (Phi) is 5.58. The highest BCUT2D eigenvalue weighted by Gasteiger charge is 2.10. The van der Waals surface area contributed by atoms with Gasteiger partial charge in [0.05, 0.1) is 11.3 Å². The molecular formula is C13H20N2O3. The number of aliphatic hydroxyl groups is 1. The lowest BCUT2D eigenvalue weighted by Gasteiger charge is -2.15. The van der Waals surface area contributed by atoms with Gasteiger partial charge in [-0.05, 0) is 31.4 Å². The van der Waals surface area contributed by atoms with Crippen LogP contribution in [-0.2, 0) is 0 Å². The molecule has 0 aliphatic rings. The Morgan fingerprint density at radius 2 is 2.22 bits per heavy atom. The highest BCUT2D eigenvalue weighted by atomic mass is 16.4. The van der Waals surface area contributed by atoms with Crippen molar-refractivity contribution in [3.8, 4) is 0 Å². The van der Waals surface area contributed by atoms with Crippen molar-refractivity contribution < 1.29 is 15.0 Å². The molecule has 1 atom stereocenters. The van der Waals surface area contributed by atoms with Crippen LogP contribution in [0.2, 0.25) is 0 Å². The van der Waals surface area contributed by atoms with Crippen LogP contribution in [0.3, 0.4) is 0 Å². The van der Waals surface area contributed by atoms with Crippen molar-refractivity contribution in [1.82, 2.24) is 4.98 Å². The van der Waals surface area contributed by atoms with E-state index < -0.39 is 5.97 Å². The molecule has 0 amide bonds. The van der Waals surface area contributed by atoms with Gasteiger partial charge in [-0.1, -0.05) is 13.3 Å². The van der Waals surface area contributed by atoms with Crippen LogP contribution in [0.15, 0.2) is 12.1 Å². The number of nitrogens with zero attached hydrogens (tertiary/aromatic N) is 1. The van der Waals surface area contributed by atoms with E-state index in [0.29, 0.717) is 17.4 Å². The summed E-state index contributed by atoms with van der Waals surface area (Å²) < 4.78 is 0. The highest BCUT2D eigenvalue weighted by Crippen LogP contribution is 2.13. The Balaban J connectivity index is 2.63. The van der Waals surface area contributed by atoms with Crippen molar-refractivity contribution in [3.05, 3.63) is 23.4 Å². The molecule has 1 aromatic heterocycles. The Labute approximate surface area is 107 Å². The fourth-order valence-corrected chi connectivity index (χ4v) is 1.77. The molecule has 0 spiro atoms. The molecule has 5 heteroatoms. The Bertz CT molecular complexity index is 407. The smallest absolute Gasteiger partial charge is 0.337 e. The van der Waals surface area contributed by atoms with Gasteiger partial charge in [0, 0.05) is 13.2 Å². The fraction of sp³-hybridized carbons (Fsp3) is 0.538. The number of nitrogens with one attached hydrogen (secondary N) is 1. The summed E-state index contributed by atoms with van der Waals surface area (Å²) in [6.07, 6.45) is 1.75. The van der Waals surface area contributed by atoms with Gasteiger partial charge in [0.1, 0.15) is 5.82 Å². The molecule has 0 aliphatic heterocycles. The van der Waals surface area contributed by atoms with Crippen molar-refractivity contribution in [2.75, 3.05) is 18.5 Å². The molecule has 0 aliphatic carbocycles. The van der Waals surface area contributed by atoms with Crippen molar-refractivity contribution in [2.24, 2.45) is 5.92 Å². The maximum Gasteiger partial charge on any atom is 0.337 e. The van der Waals surface area contributed by atoms with Crippen LogP contribution >= 0.6 is 0 Å². The number of carboxylic acid groups (broad SMARTS) is 1. The first-order valence-electron chi connectivity index (χ1n) is 6.14. The minimum Gasteiger partial charge on any atom is -0.478 e. The second-order valence-corrected chi connectivity index (χ2v) is 4.30. The maximum absolute atomic E-state index is 10.8. The molecule has 0 radical (unpaired) electrons. The van der Waals surface area contributed by atoms with E-state index in [1.54, 1.807) is 19.1 Å². The number of aliphatic hydroxyl groups excluding tert-OH is 1. The fourth-order valence-electron chi connectivity index (χ4n) is 1.77. The van der Waals surface area contributed by atoms with E-state index in [1.165, 1.54) is 0 Å². The average Bonchev–Trinajstić information content (AvgIpc) is 2.34. The Hall–Kier alpha value is -1.62. The van der Waals surface area contributed by atoms with Gasteiger partial charge in [0.15, 0.2) is 0 Å². The molecule has 0 aromatic carbocycles. The SMILES string of the molecule is CCC(CCO)CNc1ccc(C(=O)O)c(C)n1. The molecule has 5 nitrogen and oxygen atoms in total. The summed E-state index contributed by atoms with van der Waals surface area (Å²) in [5, 5.41) is 21.0. The molecule has 1 aromatic rings. The van der Waals surface area contributed by atoms with Gasteiger partial charge < -0.3 is 15.5 Å². The highest BCUT2D eigenvalue weighted by molar-refractivity contribution is 5.89. The number of carboxylic acids is 1. The number of hydrogen-bond donors (Lipinski definition) is 3. The van der Waals surface area contributed by atoms with Crippen molar-refractivity contribution in [3.63, 3.8) is 0 Å². The molecule has 1 unspecified atom stereocenters. The molecule has 3 N–H and O–H groups in total. The Morgan fingerprint density at radius 1 is 1.50 bits per heavy atom. The summed E-state index contributed by atoms with van der Waals surface area (Å²) in [7, 11) is 0. The van der Waals surface area contributed by atoms with Crippen LogP contribution in [0.4, 0.5) is 5.82 Å².